The SMILES string of the molecule is Cc1nnc(-c2ccc3cnc(NC(=O)c4ccnc(N5CCN(CCF)CC5)c4)cc3c2)s1. The van der Waals surface area contributed by atoms with E-state index in [1.54, 1.807) is 35.9 Å². The third kappa shape index (κ3) is 4.87. The molecule has 3 aromatic heterocycles. The van der Waals surface area contributed by atoms with E-state index in [0.29, 0.717) is 17.9 Å². The monoisotopic (exact) mass is 477 g/mol. The number of amides is 1. The molecule has 34 heavy (non-hydrogen) atoms. The lowest BCUT2D eigenvalue weighted by Crippen LogP contribution is -2.47. The molecule has 1 fully saturated rings. The van der Waals surface area contributed by atoms with Crippen LogP contribution in [0.4, 0.5) is 16.0 Å². The van der Waals surface area contributed by atoms with Gasteiger partial charge in [-0.05, 0) is 36.6 Å². The summed E-state index contributed by atoms with van der Waals surface area (Å²) in [6, 6.07) is 11.4. The Morgan fingerprint density at radius 1 is 1.06 bits per heavy atom. The van der Waals surface area contributed by atoms with E-state index < -0.39 is 0 Å². The zero-order valence-electron chi connectivity index (χ0n) is 18.7. The van der Waals surface area contributed by atoms with Crippen LogP contribution in [0.5, 0.6) is 0 Å². The van der Waals surface area contributed by atoms with Gasteiger partial charge in [-0.2, -0.15) is 0 Å². The van der Waals surface area contributed by atoms with Crippen molar-refractivity contribution >= 4 is 39.7 Å². The predicted molar refractivity (Wildman–Crippen MR) is 132 cm³/mol. The van der Waals surface area contributed by atoms with Crippen molar-refractivity contribution in [3.05, 3.63) is 59.4 Å². The van der Waals surface area contributed by atoms with Crippen LogP contribution in [-0.2, 0) is 0 Å². The number of hydrogen-bond acceptors (Lipinski definition) is 8. The van der Waals surface area contributed by atoms with Crippen molar-refractivity contribution in [1.29, 1.82) is 0 Å². The molecule has 1 amide bonds. The van der Waals surface area contributed by atoms with Gasteiger partial charge in [0.2, 0.25) is 0 Å². The Hall–Kier alpha value is -3.50. The Bertz CT molecular complexity index is 1320. The molecular weight excluding hydrogens is 453 g/mol. The summed E-state index contributed by atoms with van der Waals surface area (Å²) in [5.41, 5.74) is 1.49. The van der Waals surface area contributed by atoms with E-state index >= 15 is 0 Å². The number of fused-ring (bicyclic) bond motifs is 1. The maximum atomic E-state index is 12.9. The number of piperazine rings is 1. The maximum absolute atomic E-state index is 12.9. The van der Waals surface area contributed by atoms with Gasteiger partial charge in [-0.25, -0.2) is 14.4 Å². The number of carbonyl (C=O) groups is 1. The molecule has 0 spiro atoms. The number of aromatic nitrogens is 4. The Kier molecular flexibility index (Phi) is 6.41. The normalized spacial score (nSPS) is 14.5. The average molecular weight is 478 g/mol. The third-order valence-electron chi connectivity index (χ3n) is 5.84. The molecule has 4 heterocycles. The van der Waals surface area contributed by atoms with E-state index in [0.717, 1.165) is 58.3 Å². The molecule has 0 radical (unpaired) electrons. The number of carbonyl (C=O) groups excluding carboxylic acids is 1. The molecule has 0 saturated carbocycles. The van der Waals surface area contributed by atoms with Crippen LogP contribution >= 0.6 is 11.3 Å². The Morgan fingerprint density at radius 2 is 1.91 bits per heavy atom. The zero-order chi connectivity index (χ0) is 23.5. The van der Waals surface area contributed by atoms with E-state index in [4.69, 9.17) is 0 Å². The van der Waals surface area contributed by atoms with E-state index in [9.17, 15) is 9.18 Å². The lowest BCUT2D eigenvalue weighted by Gasteiger charge is -2.35. The molecular formula is C24H24FN7OS. The first-order valence-corrected chi connectivity index (χ1v) is 11.9. The number of alkyl halides is 1. The molecule has 1 N–H and O–H groups in total. The van der Waals surface area contributed by atoms with Crippen LogP contribution in [0.1, 0.15) is 15.4 Å². The minimum Gasteiger partial charge on any atom is -0.354 e. The number of nitrogens with zero attached hydrogens (tertiary/aromatic N) is 6. The fourth-order valence-electron chi connectivity index (χ4n) is 4.00. The quantitative estimate of drug-likeness (QED) is 0.452. The average Bonchev–Trinajstić information content (AvgIpc) is 3.30. The van der Waals surface area contributed by atoms with Crippen molar-refractivity contribution in [2.24, 2.45) is 0 Å². The summed E-state index contributed by atoms with van der Waals surface area (Å²) in [5, 5.41) is 14.9. The zero-order valence-corrected chi connectivity index (χ0v) is 19.6. The largest absolute Gasteiger partial charge is 0.354 e. The molecule has 8 nitrogen and oxygen atoms in total. The van der Waals surface area contributed by atoms with Crippen molar-refractivity contribution in [1.82, 2.24) is 25.1 Å². The lowest BCUT2D eigenvalue weighted by atomic mass is 10.1. The first-order valence-electron chi connectivity index (χ1n) is 11.1. The molecule has 174 valence electrons. The fraction of sp³-hybridized carbons (Fsp3) is 0.292. The van der Waals surface area contributed by atoms with Gasteiger partial charge in [-0.3, -0.25) is 9.69 Å². The number of nitrogens with one attached hydrogen (secondary N) is 1. The number of benzene rings is 1. The Labute approximate surface area is 200 Å². The maximum Gasteiger partial charge on any atom is 0.257 e. The van der Waals surface area contributed by atoms with Crippen molar-refractivity contribution in [2.45, 2.75) is 6.92 Å². The van der Waals surface area contributed by atoms with Crippen LogP contribution in [-0.4, -0.2) is 70.4 Å². The summed E-state index contributed by atoms with van der Waals surface area (Å²) >= 11 is 1.54. The molecule has 0 aliphatic carbocycles. The van der Waals surface area contributed by atoms with Gasteiger partial charge < -0.3 is 10.2 Å². The molecule has 0 atom stereocenters. The highest BCUT2D eigenvalue weighted by Gasteiger charge is 2.19. The number of aryl methyl sites for hydroxylation is 1. The van der Waals surface area contributed by atoms with Crippen LogP contribution in [0.15, 0.2) is 48.8 Å². The van der Waals surface area contributed by atoms with Gasteiger partial charge in [0.25, 0.3) is 5.91 Å². The van der Waals surface area contributed by atoms with Crippen molar-refractivity contribution < 1.29 is 9.18 Å². The Balaban J connectivity index is 1.31. The molecule has 1 saturated heterocycles. The second-order valence-electron chi connectivity index (χ2n) is 8.13. The van der Waals surface area contributed by atoms with Crippen molar-refractivity contribution in [2.75, 3.05) is 49.6 Å². The molecule has 5 rings (SSSR count). The number of rotatable bonds is 6. The molecule has 10 heteroatoms. The number of hydrogen-bond donors (Lipinski definition) is 1. The number of halogens is 1. The minimum absolute atomic E-state index is 0.248. The van der Waals surface area contributed by atoms with Crippen LogP contribution < -0.4 is 10.2 Å². The highest BCUT2D eigenvalue weighted by molar-refractivity contribution is 7.14. The van der Waals surface area contributed by atoms with Gasteiger partial charge in [0.1, 0.15) is 28.3 Å². The summed E-state index contributed by atoms with van der Waals surface area (Å²) in [5.74, 6) is 0.972. The predicted octanol–water partition coefficient (Wildman–Crippen LogP) is 3.80. The van der Waals surface area contributed by atoms with E-state index in [1.165, 1.54) is 0 Å². The molecule has 0 bridgehead atoms. The summed E-state index contributed by atoms with van der Waals surface area (Å²) in [6.45, 7) is 5.12. The molecule has 1 aliphatic heterocycles. The van der Waals surface area contributed by atoms with Gasteiger partial charge in [0.05, 0.1) is 0 Å². The summed E-state index contributed by atoms with van der Waals surface area (Å²) < 4.78 is 12.6. The van der Waals surface area contributed by atoms with Gasteiger partial charge >= 0.3 is 0 Å². The second kappa shape index (κ2) is 9.78. The van der Waals surface area contributed by atoms with Crippen LogP contribution in [0.2, 0.25) is 0 Å². The number of pyridine rings is 2. The van der Waals surface area contributed by atoms with Gasteiger partial charge in [-0.15, -0.1) is 10.2 Å². The summed E-state index contributed by atoms with van der Waals surface area (Å²) in [4.78, 5) is 26.0. The fourth-order valence-corrected chi connectivity index (χ4v) is 4.68. The highest BCUT2D eigenvalue weighted by atomic mass is 32.1. The second-order valence-corrected chi connectivity index (χ2v) is 9.31. The third-order valence-corrected chi connectivity index (χ3v) is 6.73. The standard InChI is InChI=1S/C24H24FN7OS/c1-16-29-30-24(34-16)18-2-3-19-15-27-21(13-20(19)12-18)28-23(33)17-4-6-26-22(14-17)32-10-8-31(7-5-25)9-11-32/h2-4,6,12-15H,5,7-11H2,1H3,(H,27,28,33). The van der Waals surface area contributed by atoms with E-state index in [-0.39, 0.29) is 12.6 Å². The number of anilines is 2. The smallest absolute Gasteiger partial charge is 0.257 e. The summed E-state index contributed by atoms with van der Waals surface area (Å²) in [7, 11) is 0. The summed E-state index contributed by atoms with van der Waals surface area (Å²) in [6.07, 6.45) is 3.39. The van der Waals surface area contributed by atoms with E-state index in [1.807, 2.05) is 31.2 Å². The first kappa shape index (κ1) is 22.3. The molecule has 1 aromatic carbocycles. The van der Waals surface area contributed by atoms with Gasteiger partial charge in [0, 0.05) is 61.6 Å². The highest BCUT2D eigenvalue weighted by Crippen LogP contribution is 2.27. The molecule has 1 aliphatic rings. The lowest BCUT2D eigenvalue weighted by molar-refractivity contribution is 0.102. The van der Waals surface area contributed by atoms with Crippen molar-refractivity contribution in [3.63, 3.8) is 0 Å². The molecule has 0 unspecified atom stereocenters. The van der Waals surface area contributed by atoms with Gasteiger partial charge in [-0.1, -0.05) is 23.5 Å². The van der Waals surface area contributed by atoms with Crippen LogP contribution in [0.3, 0.4) is 0 Å². The topological polar surface area (TPSA) is 87.1 Å². The van der Waals surface area contributed by atoms with Gasteiger partial charge in [0.15, 0.2) is 0 Å². The molecule has 4 aromatic rings. The van der Waals surface area contributed by atoms with Crippen LogP contribution in [0, 0.1) is 6.92 Å². The van der Waals surface area contributed by atoms with E-state index in [2.05, 4.69) is 35.3 Å². The first-order chi connectivity index (χ1) is 16.6. The van der Waals surface area contributed by atoms with Crippen LogP contribution in [0.25, 0.3) is 21.3 Å². The Morgan fingerprint density at radius 3 is 2.68 bits per heavy atom. The minimum atomic E-state index is -0.334. The van der Waals surface area contributed by atoms with Crippen molar-refractivity contribution in [3.8, 4) is 10.6 Å².